The van der Waals surface area contributed by atoms with E-state index in [9.17, 15) is 4.79 Å². The summed E-state index contributed by atoms with van der Waals surface area (Å²) in [6.07, 6.45) is 1.62. The molecule has 2 heterocycles. The summed E-state index contributed by atoms with van der Waals surface area (Å²) in [6.45, 7) is 0.519. The number of hydrogen-bond donors (Lipinski definition) is 1. The van der Waals surface area contributed by atoms with E-state index in [4.69, 9.17) is 17.3 Å². The first-order valence-corrected chi connectivity index (χ1v) is 6.77. The lowest BCUT2D eigenvalue weighted by Crippen LogP contribution is -2.04. The SMILES string of the molecule is COC(=O)c1ccc(Cn2cnc3c(Cl)nc(N)nc32)cc1. The zero-order valence-corrected chi connectivity index (χ0v) is 12.4. The molecule has 1 aromatic carbocycles. The van der Waals surface area contributed by atoms with E-state index in [0.717, 1.165) is 5.56 Å². The van der Waals surface area contributed by atoms with Crippen LogP contribution < -0.4 is 5.73 Å². The van der Waals surface area contributed by atoms with Crippen molar-refractivity contribution in [2.24, 2.45) is 0 Å². The molecule has 0 aliphatic heterocycles. The zero-order chi connectivity index (χ0) is 15.7. The van der Waals surface area contributed by atoms with E-state index >= 15 is 0 Å². The molecule has 3 aromatic rings. The van der Waals surface area contributed by atoms with E-state index in [2.05, 4.69) is 19.7 Å². The number of hydrogen-bond acceptors (Lipinski definition) is 6. The summed E-state index contributed by atoms with van der Waals surface area (Å²) in [5.41, 5.74) is 8.15. The highest BCUT2D eigenvalue weighted by molar-refractivity contribution is 6.33. The quantitative estimate of drug-likeness (QED) is 0.585. The molecule has 0 aliphatic carbocycles. The number of imidazole rings is 1. The highest BCUT2D eigenvalue weighted by Crippen LogP contribution is 2.20. The molecular formula is C14H12ClN5O2. The molecule has 0 spiro atoms. The van der Waals surface area contributed by atoms with E-state index in [-0.39, 0.29) is 17.1 Å². The Morgan fingerprint density at radius 2 is 2.05 bits per heavy atom. The molecule has 0 bridgehead atoms. The zero-order valence-electron chi connectivity index (χ0n) is 11.7. The Balaban J connectivity index is 1.92. The number of rotatable bonds is 3. The van der Waals surface area contributed by atoms with Crippen molar-refractivity contribution in [3.05, 3.63) is 46.9 Å². The van der Waals surface area contributed by atoms with Gasteiger partial charge in [-0.3, -0.25) is 0 Å². The number of benzene rings is 1. The third-order valence-electron chi connectivity index (χ3n) is 3.17. The molecule has 2 N–H and O–H groups in total. The highest BCUT2D eigenvalue weighted by Gasteiger charge is 2.11. The van der Waals surface area contributed by atoms with Gasteiger partial charge in [0.25, 0.3) is 0 Å². The first-order valence-electron chi connectivity index (χ1n) is 6.39. The average Bonchev–Trinajstić information content (AvgIpc) is 2.90. The van der Waals surface area contributed by atoms with Crippen LogP contribution in [0.25, 0.3) is 11.2 Å². The second-order valence-electron chi connectivity index (χ2n) is 4.61. The summed E-state index contributed by atoms with van der Waals surface area (Å²) in [7, 11) is 1.35. The van der Waals surface area contributed by atoms with Crippen LogP contribution in [0.5, 0.6) is 0 Å². The second kappa shape index (κ2) is 5.61. The molecule has 0 saturated heterocycles. The first-order chi connectivity index (χ1) is 10.6. The van der Waals surface area contributed by atoms with Gasteiger partial charge in [0.15, 0.2) is 10.8 Å². The van der Waals surface area contributed by atoms with Crippen LogP contribution in [-0.2, 0) is 11.3 Å². The van der Waals surface area contributed by atoms with Crippen LogP contribution in [0, 0.1) is 0 Å². The standard InChI is InChI=1S/C14H12ClN5O2/c1-22-13(21)9-4-2-8(3-5-9)6-20-7-17-10-11(15)18-14(16)19-12(10)20/h2-5,7H,6H2,1H3,(H2,16,18,19). The summed E-state index contributed by atoms with van der Waals surface area (Å²) in [4.78, 5) is 23.6. The summed E-state index contributed by atoms with van der Waals surface area (Å²) in [6, 6.07) is 7.09. The van der Waals surface area contributed by atoms with Gasteiger partial charge in [-0.15, -0.1) is 0 Å². The van der Waals surface area contributed by atoms with Gasteiger partial charge < -0.3 is 15.0 Å². The van der Waals surface area contributed by atoms with Crippen LogP contribution in [0.3, 0.4) is 0 Å². The number of nitrogens with zero attached hydrogens (tertiary/aromatic N) is 4. The summed E-state index contributed by atoms with van der Waals surface area (Å²) >= 11 is 5.99. The summed E-state index contributed by atoms with van der Waals surface area (Å²) < 4.78 is 6.48. The second-order valence-corrected chi connectivity index (χ2v) is 4.96. The largest absolute Gasteiger partial charge is 0.465 e. The van der Waals surface area contributed by atoms with E-state index < -0.39 is 0 Å². The Morgan fingerprint density at radius 3 is 2.73 bits per heavy atom. The fraction of sp³-hybridized carbons (Fsp3) is 0.143. The maximum atomic E-state index is 11.4. The van der Waals surface area contributed by atoms with E-state index in [0.29, 0.717) is 23.3 Å². The lowest BCUT2D eigenvalue weighted by atomic mass is 10.1. The van der Waals surface area contributed by atoms with Crippen LogP contribution in [0.2, 0.25) is 5.15 Å². The highest BCUT2D eigenvalue weighted by atomic mass is 35.5. The molecule has 3 rings (SSSR count). The van der Waals surface area contributed by atoms with Crippen molar-refractivity contribution in [2.45, 2.75) is 6.54 Å². The summed E-state index contributed by atoms with van der Waals surface area (Å²) in [5, 5.41) is 0.224. The van der Waals surface area contributed by atoms with E-state index in [1.165, 1.54) is 7.11 Å². The molecule has 0 atom stereocenters. The number of halogens is 1. The van der Waals surface area contributed by atoms with Crippen molar-refractivity contribution in [3.8, 4) is 0 Å². The van der Waals surface area contributed by atoms with Crippen molar-refractivity contribution in [1.82, 2.24) is 19.5 Å². The molecule has 112 valence electrons. The van der Waals surface area contributed by atoms with Gasteiger partial charge >= 0.3 is 5.97 Å². The van der Waals surface area contributed by atoms with Gasteiger partial charge in [0, 0.05) is 0 Å². The van der Waals surface area contributed by atoms with Crippen molar-refractivity contribution in [2.75, 3.05) is 12.8 Å². The maximum absolute atomic E-state index is 11.4. The third-order valence-corrected chi connectivity index (χ3v) is 3.43. The van der Waals surface area contributed by atoms with Gasteiger partial charge in [-0.1, -0.05) is 23.7 Å². The van der Waals surface area contributed by atoms with Gasteiger partial charge in [-0.05, 0) is 17.7 Å². The minimum absolute atomic E-state index is 0.0975. The lowest BCUT2D eigenvalue weighted by molar-refractivity contribution is 0.0600. The van der Waals surface area contributed by atoms with Crippen molar-refractivity contribution in [1.29, 1.82) is 0 Å². The Hall–Kier alpha value is -2.67. The minimum atomic E-state index is -0.369. The van der Waals surface area contributed by atoms with Gasteiger partial charge in [-0.25, -0.2) is 9.78 Å². The Kier molecular flexibility index (Phi) is 3.64. The molecule has 0 fully saturated rings. The first kappa shape index (κ1) is 14.3. The van der Waals surface area contributed by atoms with Crippen molar-refractivity contribution >= 4 is 34.7 Å². The molecule has 22 heavy (non-hydrogen) atoms. The van der Waals surface area contributed by atoms with E-state index in [1.807, 2.05) is 16.7 Å². The monoisotopic (exact) mass is 317 g/mol. The van der Waals surface area contributed by atoms with Crippen LogP contribution in [-0.4, -0.2) is 32.6 Å². The number of anilines is 1. The topological polar surface area (TPSA) is 95.9 Å². The lowest BCUT2D eigenvalue weighted by Gasteiger charge is -2.05. The van der Waals surface area contributed by atoms with Gasteiger partial charge in [0.05, 0.1) is 25.5 Å². The molecule has 2 aromatic heterocycles. The average molecular weight is 318 g/mol. The number of methoxy groups -OCH3 is 1. The van der Waals surface area contributed by atoms with Crippen molar-refractivity contribution in [3.63, 3.8) is 0 Å². The number of ether oxygens (including phenoxy) is 1. The van der Waals surface area contributed by atoms with Crippen LogP contribution >= 0.6 is 11.6 Å². The number of nitrogen functional groups attached to an aromatic ring is 1. The molecule has 0 amide bonds. The number of esters is 1. The van der Waals surface area contributed by atoms with Crippen molar-refractivity contribution < 1.29 is 9.53 Å². The molecule has 0 unspecified atom stereocenters. The molecular weight excluding hydrogens is 306 g/mol. The van der Waals surface area contributed by atoms with Gasteiger partial charge in [-0.2, -0.15) is 9.97 Å². The Labute approximate surface area is 130 Å². The predicted molar refractivity (Wildman–Crippen MR) is 81.6 cm³/mol. The van der Waals surface area contributed by atoms with Gasteiger partial charge in [0.1, 0.15) is 5.52 Å². The summed E-state index contributed by atoms with van der Waals surface area (Å²) in [5.74, 6) is -0.271. The Morgan fingerprint density at radius 1 is 1.32 bits per heavy atom. The Bertz CT molecular complexity index is 844. The van der Waals surface area contributed by atoms with Crippen LogP contribution in [0.4, 0.5) is 5.95 Å². The molecule has 0 radical (unpaired) electrons. The molecule has 8 heteroatoms. The number of nitrogens with two attached hydrogens (primary N) is 1. The smallest absolute Gasteiger partial charge is 0.337 e. The number of fused-ring (bicyclic) bond motifs is 1. The number of carbonyl (C=O) groups is 1. The van der Waals surface area contributed by atoms with Crippen LogP contribution in [0.15, 0.2) is 30.6 Å². The third kappa shape index (κ3) is 2.58. The van der Waals surface area contributed by atoms with Crippen LogP contribution in [0.1, 0.15) is 15.9 Å². The van der Waals surface area contributed by atoms with Gasteiger partial charge in [0.2, 0.25) is 5.95 Å². The number of aromatic nitrogens is 4. The minimum Gasteiger partial charge on any atom is -0.465 e. The molecule has 7 nitrogen and oxygen atoms in total. The fourth-order valence-electron chi connectivity index (χ4n) is 2.10. The maximum Gasteiger partial charge on any atom is 0.337 e. The fourth-order valence-corrected chi connectivity index (χ4v) is 2.32. The normalized spacial score (nSPS) is 10.8. The van der Waals surface area contributed by atoms with E-state index in [1.54, 1.807) is 18.5 Å². The predicted octanol–water partition coefficient (Wildman–Crippen LogP) is 1.90. The molecule has 0 aliphatic rings. The molecule has 0 saturated carbocycles. The number of carbonyl (C=O) groups excluding carboxylic acids is 1.